The van der Waals surface area contributed by atoms with E-state index in [1.807, 2.05) is 0 Å². The molecule has 0 atom stereocenters. The van der Waals surface area contributed by atoms with E-state index in [0.29, 0.717) is 5.76 Å². The Hall–Kier alpha value is -1.03. The number of aliphatic hydroxyl groups excluding tert-OH is 1. The van der Waals surface area contributed by atoms with Gasteiger partial charge in [-0.1, -0.05) is 6.42 Å². The highest BCUT2D eigenvalue weighted by Crippen LogP contribution is 2.24. The largest absolute Gasteiger partial charge is 0.457 e. The van der Waals surface area contributed by atoms with E-state index in [4.69, 9.17) is 14.6 Å². The van der Waals surface area contributed by atoms with E-state index in [1.165, 1.54) is 6.08 Å². The summed E-state index contributed by atoms with van der Waals surface area (Å²) in [6, 6.07) is 0. The molecule has 0 saturated carbocycles. The van der Waals surface area contributed by atoms with Gasteiger partial charge in [0.2, 0.25) is 5.79 Å². The number of hydrogen-bond acceptors (Lipinski definition) is 4. The minimum atomic E-state index is -0.849. The standard InChI is InChI=1S/C11H18O4/c1-11(2)14-9(8-10(13)15-11)6-4-3-5-7-12/h8,12H,3-7H2,1-2H3. The molecule has 1 heterocycles. The molecule has 0 aliphatic carbocycles. The van der Waals surface area contributed by atoms with Crippen LogP contribution in [0.15, 0.2) is 11.8 Å². The van der Waals surface area contributed by atoms with Gasteiger partial charge in [0.1, 0.15) is 5.76 Å². The molecule has 0 aromatic rings. The van der Waals surface area contributed by atoms with Crippen LogP contribution in [0, 0.1) is 0 Å². The van der Waals surface area contributed by atoms with Gasteiger partial charge in [0.15, 0.2) is 0 Å². The molecule has 15 heavy (non-hydrogen) atoms. The van der Waals surface area contributed by atoms with Crippen LogP contribution in [0.3, 0.4) is 0 Å². The van der Waals surface area contributed by atoms with Crippen molar-refractivity contribution in [3.05, 3.63) is 11.8 Å². The Morgan fingerprint density at radius 1 is 1.27 bits per heavy atom. The molecule has 1 aliphatic rings. The van der Waals surface area contributed by atoms with Crippen LogP contribution in [0.4, 0.5) is 0 Å². The van der Waals surface area contributed by atoms with Crippen LogP contribution in [0.1, 0.15) is 39.5 Å². The molecule has 0 bridgehead atoms. The van der Waals surface area contributed by atoms with Crippen LogP contribution in [0.25, 0.3) is 0 Å². The number of cyclic esters (lactones) is 1. The Morgan fingerprint density at radius 2 is 2.00 bits per heavy atom. The average molecular weight is 214 g/mol. The van der Waals surface area contributed by atoms with Gasteiger partial charge in [0.05, 0.1) is 6.08 Å². The summed E-state index contributed by atoms with van der Waals surface area (Å²) in [4.78, 5) is 11.2. The normalized spacial score (nSPS) is 19.1. The van der Waals surface area contributed by atoms with E-state index < -0.39 is 5.79 Å². The molecule has 0 amide bonds. The molecule has 1 aliphatic heterocycles. The Kier molecular flexibility index (Phi) is 4.15. The second kappa shape index (κ2) is 5.16. The fourth-order valence-corrected chi connectivity index (χ4v) is 1.48. The van der Waals surface area contributed by atoms with E-state index in [2.05, 4.69) is 0 Å². The maximum Gasteiger partial charge on any atom is 0.337 e. The van der Waals surface area contributed by atoms with E-state index in [0.717, 1.165) is 25.7 Å². The lowest BCUT2D eigenvalue weighted by atomic mass is 10.1. The topological polar surface area (TPSA) is 55.8 Å². The first-order valence-corrected chi connectivity index (χ1v) is 5.27. The average Bonchev–Trinajstić information content (AvgIpc) is 2.09. The molecule has 0 radical (unpaired) electrons. The molecular formula is C11H18O4. The predicted molar refractivity (Wildman–Crippen MR) is 54.9 cm³/mol. The molecule has 4 heteroatoms. The summed E-state index contributed by atoms with van der Waals surface area (Å²) in [6.07, 6.45) is 4.76. The third kappa shape index (κ3) is 4.34. The van der Waals surface area contributed by atoms with E-state index in [1.54, 1.807) is 13.8 Å². The second-order valence-electron chi connectivity index (χ2n) is 4.07. The zero-order valence-electron chi connectivity index (χ0n) is 9.28. The summed E-state index contributed by atoms with van der Waals surface area (Å²) in [7, 11) is 0. The third-order valence-electron chi connectivity index (χ3n) is 2.08. The van der Waals surface area contributed by atoms with Gasteiger partial charge < -0.3 is 14.6 Å². The highest BCUT2D eigenvalue weighted by Gasteiger charge is 2.29. The number of esters is 1. The van der Waals surface area contributed by atoms with Crippen molar-refractivity contribution >= 4 is 5.97 Å². The SMILES string of the molecule is CC1(C)OC(=O)C=C(CCCCCO)O1. The Balaban J connectivity index is 2.37. The van der Waals surface area contributed by atoms with Gasteiger partial charge in [-0.25, -0.2) is 4.79 Å². The molecule has 0 aromatic carbocycles. The van der Waals surface area contributed by atoms with Gasteiger partial charge in [0, 0.05) is 26.9 Å². The van der Waals surface area contributed by atoms with Gasteiger partial charge in [-0.2, -0.15) is 0 Å². The van der Waals surface area contributed by atoms with Gasteiger partial charge in [-0.15, -0.1) is 0 Å². The molecule has 1 rings (SSSR count). The van der Waals surface area contributed by atoms with Crippen molar-refractivity contribution in [3.8, 4) is 0 Å². The van der Waals surface area contributed by atoms with Crippen molar-refractivity contribution in [1.82, 2.24) is 0 Å². The molecule has 1 N–H and O–H groups in total. The molecule has 0 fully saturated rings. The molecule has 86 valence electrons. The fourth-order valence-electron chi connectivity index (χ4n) is 1.48. The van der Waals surface area contributed by atoms with Crippen molar-refractivity contribution in [3.63, 3.8) is 0 Å². The summed E-state index contributed by atoms with van der Waals surface area (Å²) in [5.41, 5.74) is 0. The van der Waals surface area contributed by atoms with Crippen LogP contribution in [-0.4, -0.2) is 23.5 Å². The number of unbranched alkanes of at least 4 members (excludes halogenated alkanes) is 2. The highest BCUT2D eigenvalue weighted by atomic mass is 16.7. The molecule has 0 saturated heterocycles. The van der Waals surface area contributed by atoms with Crippen molar-refractivity contribution < 1.29 is 19.4 Å². The zero-order valence-corrected chi connectivity index (χ0v) is 9.28. The van der Waals surface area contributed by atoms with Gasteiger partial charge in [0.25, 0.3) is 0 Å². The Morgan fingerprint density at radius 3 is 2.60 bits per heavy atom. The number of carbonyl (C=O) groups is 1. The first kappa shape index (κ1) is 12.0. The number of rotatable bonds is 5. The van der Waals surface area contributed by atoms with Gasteiger partial charge in [-0.05, 0) is 12.8 Å². The third-order valence-corrected chi connectivity index (χ3v) is 2.08. The van der Waals surface area contributed by atoms with Crippen LogP contribution in [-0.2, 0) is 14.3 Å². The minimum Gasteiger partial charge on any atom is -0.457 e. The van der Waals surface area contributed by atoms with Gasteiger partial charge in [-0.3, -0.25) is 0 Å². The number of aliphatic hydroxyl groups is 1. The number of ether oxygens (including phenoxy) is 2. The summed E-state index contributed by atoms with van der Waals surface area (Å²) in [5, 5.41) is 8.61. The summed E-state index contributed by atoms with van der Waals surface area (Å²) in [6.45, 7) is 3.64. The van der Waals surface area contributed by atoms with Crippen LogP contribution in [0.2, 0.25) is 0 Å². The van der Waals surface area contributed by atoms with Crippen molar-refractivity contribution in [2.45, 2.75) is 45.3 Å². The lowest BCUT2D eigenvalue weighted by Gasteiger charge is -2.30. The maximum atomic E-state index is 11.2. The molecule has 4 nitrogen and oxygen atoms in total. The quantitative estimate of drug-likeness (QED) is 0.559. The lowest BCUT2D eigenvalue weighted by molar-refractivity contribution is -0.206. The minimum absolute atomic E-state index is 0.216. The smallest absolute Gasteiger partial charge is 0.337 e. The number of hydrogen-bond donors (Lipinski definition) is 1. The second-order valence-corrected chi connectivity index (χ2v) is 4.07. The molecule has 0 unspecified atom stereocenters. The van der Waals surface area contributed by atoms with Crippen LogP contribution in [0.5, 0.6) is 0 Å². The summed E-state index contributed by atoms with van der Waals surface area (Å²) < 4.78 is 10.4. The van der Waals surface area contributed by atoms with Gasteiger partial charge >= 0.3 is 5.97 Å². The summed E-state index contributed by atoms with van der Waals surface area (Å²) in [5.74, 6) is -0.518. The molecule has 0 spiro atoms. The first-order valence-electron chi connectivity index (χ1n) is 5.27. The maximum absolute atomic E-state index is 11.2. The molecular weight excluding hydrogens is 196 g/mol. The van der Waals surface area contributed by atoms with Crippen molar-refractivity contribution in [2.24, 2.45) is 0 Å². The lowest BCUT2D eigenvalue weighted by Crippen LogP contribution is -2.34. The van der Waals surface area contributed by atoms with Crippen LogP contribution >= 0.6 is 0 Å². The fraction of sp³-hybridized carbons (Fsp3) is 0.727. The van der Waals surface area contributed by atoms with E-state index >= 15 is 0 Å². The highest BCUT2D eigenvalue weighted by molar-refractivity contribution is 5.83. The zero-order chi connectivity index (χ0) is 11.3. The number of carbonyl (C=O) groups excluding carboxylic acids is 1. The van der Waals surface area contributed by atoms with Crippen molar-refractivity contribution in [1.29, 1.82) is 0 Å². The molecule has 0 aromatic heterocycles. The first-order chi connectivity index (χ1) is 7.03. The number of allylic oxidation sites excluding steroid dienone is 1. The monoisotopic (exact) mass is 214 g/mol. The Bertz CT molecular complexity index is 255. The van der Waals surface area contributed by atoms with Crippen LogP contribution < -0.4 is 0 Å². The van der Waals surface area contributed by atoms with Crippen molar-refractivity contribution in [2.75, 3.05) is 6.61 Å². The van der Waals surface area contributed by atoms with E-state index in [-0.39, 0.29) is 12.6 Å². The predicted octanol–water partition coefficient (Wildman–Crippen LogP) is 1.73. The van der Waals surface area contributed by atoms with E-state index in [9.17, 15) is 4.79 Å². The summed E-state index contributed by atoms with van der Waals surface area (Å²) >= 11 is 0. The Labute approximate surface area is 89.9 Å².